The van der Waals surface area contributed by atoms with E-state index in [9.17, 15) is 0 Å². The van der Waals surface area contributed by atoms with Gasteiger partial charge >= 0.3 is 0 Å². The van der Waals surface area contributed by atoms with Gasteiger partial charge in [0.1, 0.15) is 0 Å². The average molecular weight is 155 g/mol. The van der Waals surface area contributed by atoms with Crippen LogP contribution in [0.15, 0.2) is 5.10 Å². The van der Waals surface area contributed by atoms with E-state index in [4.69, 9.17) is 11.1 Å². The Hall–Kier alpha value is -1.10. The summed E-state index contributed by atoms with van der Waals surface area (Å²) in [5, 5.41) is 10.8. The Morgan fingerprint density at radius 3 is 3.00 bits per heavy atom. The second kappa shape index (κ2) is 3.34. The number of hydrogen-bond donors (Lipinski definition) is 3. The van der Waals surface area contributed by atoms with Crippen LogP contribution in [0.25, 0.3) is 0 Å². The molecule has 1 rings (SSSR count). The molecule has 0 saturated carbocycles. The SMILES string of the molecule is CN1CCC(=NNC(=N)N)C1. The molecule has 1 aliphatic rings. The van der Waals surface area contributed by atoms with Crippen LogP contribution in [0.1, 0.15) is 6.42 Å². The fourth-order valence-electron chi connectivity index (χ4n) is 1.02. The second-order valence-corrected chi connectivity index (χ2v) is 2.69. The third kappa shape index (κ3) is 2.55. The van der Waals surface area contributed by atoms with Gasteiger partial charge in [0.25, 0.3) is 0 Å². The topological polar surface area (TPSA) is 77.5 Å². The first-order valence-corrected chi connectivity index (χ1v) is 3.52. The molecule has 0 spiro atoms. The van der Waals surface area contributed by atoms with Crippen LogP contribution in [-0.2, 0) is 0 Å². The zero-order chi connectivity index (χ0) is 8.27. The summed E-state index contributed by atoms with van der Waals surface area (Å²) in [4.78, 5) is 2.17. The van der Waals surface area contributed by atoms with Crippen molar-refractivity contribution in [2.75, 3.05) is 20.1 Å². The highest BCUT2D eigenvalue weighted by Crippen LogP contribution is 2.01. The maximum Gasteiger partial charge on any atom is 0.206 e. The summed E-state index contributed by atoms with van der Waals surface area (Å²) in [7, 11) is 2.04. The van der Waals surface area contributed by atoms with Crippen LogP contribution in [0.2, 0.25) is 0 Å². The van der Waals surface area contributed by atoms with E-state index in [-0.39, 0.29) is 5.96 Å². The van der Waals surface area contributed by atoms with Crippen molar-refractivity contribution in [2.45, 2.75) is 6.42 Å². The summed E-state index contributed by atoms with van der Waals surface area (Å²) >= 11 is 0. The molecule has 11 heavy (non-hydrogen) atoms. The number of hydrogen-bond acceptors (Lipinski definition) is 3. The smallest absolute Gasteiger partial charge is 0.206 e. The molecule has 0 aromatic carbocycles. The summed E-state index contributed by atoms with van der Waals surface area (Å²) in [6, 6.07) is 0. The molecule has 5 heteroatoms. The third-order valence-electron chi connectivity index (χ3n) is 1.57. The molecular formula is C6H13N5. The van der Waals surface area contributed by atoms with E-state index in [2.05, 4.69) is 15.4 Å². The maximum atomic E-state index is 6.85. The van der Waals surface area contributed by atoms with Crippen LogP contribution in [0.5, 0.6) is 0 Å². The van der Waals surface area contributed by atoms with Gasteiger partial charge in [-0.3, -0.25) is 5.41 Å². The van der Waals surface area contributed by atoms with Crippen LogP contribution >= 0.6 is 0 Å². The molecule has 0 bridgehead atoms. The highest BCUT2D eigenvalue weighted by atomic mass is 15.4. The zero-order valence-electron chi connectivity index (χ0n) is 6.59. The monoisotopic (exact) mass is 155 g/mol. The van der Waals surface area contributed by atoms with Crippen molar-refractivity contribution in [1.82, 2.24) is 10.3 Å². The second-order valence-electron chi connectivity index (χ2n) is 2.69. The molecule has 0 aromatic heterocycles. The molecule has 0 unspecified atom stereocenters. The van der Waals surface area contributed by atoms with E-state index < -0.39 is 0 Å². The van der Waals surface area contributed by atoms with Gasteiger partial charge in [0.2, 0.25) is 5.96 Å². The number of guanidine groups is 1. The van der Waals surface area contributed by atoms with Crippen molar-refractivity contribution in [1.29, 1.82) is 5.41 Å². The fraction of sp³-hybridized carbons (Fsp3) is 0.667. The van der Waals surface area contributed by atoms with Crippen molar-refractivity contribution in [3.63, 3.8) is 0 Å². The zero-order valence-corrected chi connectivity index (χ0v) is 6.59. The molecular weight excluding hydrogens is 142 g/mol. The predicted molar refractivity (Wildman–Crippen MR) is 44.6 cm³/mol. The molecule has 0 radical (unpaired) electrons. The highest BCUT2D eigenvalue weighted by Gasteiger charge is 2.13. The summed E-state index contributed by atoms with van der Waals surface area (Å²) < 4.78 is 0. The van der Waals surface area contributed by atoms with Gasteiger partial charge in [0.15, 0.2) is 0 Å². The van der Waals surface area contributed by atoms with Crippen LogP contribution in [0.3, 0.4) is 0 Å². The first kappa shape index (κ1) is 8.00. The molecule has 1 saturated heterocycles. The van der Waals surface area contributed by atoms with Gasteiger partial charge in [-0.25, -0.2) is 5.43 Å². The van der Waals surface area contributed by atoms with Crippen LogP contribution in [-0.4, -0.2) is 36.7 Å². The minimum Gasteiger partial charge on any atom is -0.369 e. The molecule has 1 aliphatic heterocycles. The molecule has 5 nitrogen and oxygen atoms in total. The van der Waals surface area contributed by atoms with Crippen molar-refractivity contribution in [2.24, 2.45) is 10.8 Å². The summed E-state index contributed by atoms with van der Waals surface area (Å²) in [6.07, 6.45) is 0.969. The van der Waals surface area contributed by atoms with Crippen molar-refractivity contribution in [3.8, 4) is 0 Å². The van der Waals surface area contributed by atoms with Crippen LogP contribution in [0.4, 0.5) is 0 Å². The van der Waals surface area contributed by atoms with Gasteiger partial charge in [-0.05, 0) is 7.05 Å². The number of nitrogens with two attached hydrogens (primary N) is 1. The Bertz CT molecular complexity index is 185. The molecule has 0 aromatic rings. The van der Waals surface area contributed by atoms with Crippen LogP contribution in [0, 0.1) is 5.41 Å². The summed E-state index contributed by atoms with van der Waals surface area (Å²) in [6.45, 7) is 1.92. The van der Waals surface area contributed by atoms with Crippen molar-refractivity contribution >= 4 is 11.7 Å². The molecule has 0 atom stereocenters. The standard InChI is InChI=1S/C6H13N5/c1-11-3-2-5(4-11)9-10-6(7)8/h2-4H2,1H3,(H4,7,8,10). The lowest BCUT2D eigenvalue weighted by atomic mass is 10.3. The molecule has 0 aliphatic carbocycles. The van der Waals surface area contributed by atoms with E-state index in [0.717, 1.165) is 25.2 Å². The number of hydrazone groups is 1. The lowest BCUT2D eigenvalue weighted by Crippen LogP contribution is -2.27. The van der Waals surface area contributed by atoms with Gasteiger partial charge in [-0.15, -0.1) is 0 Å². The van der Waals surface area contributed by atoms with Crippen molar-refractivity contribution in [3.05, 3.63) is 0 Å². The molecule has 62 valence electrons. The number of nitrogens with one attached hydrogen (secondary N) is 2. The first-order chi connectivity index (χ1) is 5.18. The fourth-order valence-corrected chi connectivity index (χ4v) is 1.02. The van der Waals surface area contributed by atoms with Crippen molar-refractivity contribution < 1.29 is 0 Å². The van der Waals surface area contributed by atoms with Gasteiger partial charge in [-0.1, -0.05) is 0 Å². The normalized spacial score (nSPS) is 22.5. The first-order valence-electron chi connectivity index (χ1n) is 3.52. The molecule has 1 heterocycles. The minimum atomic E-state index is -0.105. The Balaban J connectivity index is 2.36. The Labute approximate surface area is 65.8 Å². The predicted octanol–water partition coefficient (Wildman–Crippen LogP) is -0.839. The number of likely N-dealkylation sites (tertiary alicyclic amines) is 1. The molecule has 4 N–H and O–H groups in total. The van der Waals surface area contributed by atoms with Gasteiger partial charge in [-0.2, -0.15) is 5.10 Å². The quantitative estimate of drug-likeness (QED) is 0.262. The van der Waals surface area contributed by atoms with E-state index >= 15 is 0 Å². The Morgan fingerprint density at radius 1 is 1.82 bits per heavy atom. The maximum absolute atomic E-state index is 6.85. The lowest BCUT2D eigenvalue weighted by molar-refractivity contribution is 0.428. The van der Waals surface area contributed by atoms with Gasteiger partial charge in [0.05, 0.1) is 5.71 Å². The minimum absolute atomic E-state index is 0.105. The Morgan fingerprint density at radius 2 is 2.55 bits per heavy atom. The van der Waals surface area contributed by atoms with Crippen LogP contribution < -0.4 is 11.2 Å². The summed E-state index contributed by atoms with van der Waals surface area (Å²) in [5.41, 5.74) is 8.55. The largest absolute Gasteiger partial charge is 0.369 e. The van der Waals surface area contributed by atoms with E-state index in [0.29, 0.717) is 0 Å². The number of nitrogens with zero attached hydrogens (tertiary/aromatic N) is 2. The molecule has 1 fully saturated rings. The third-order valence-corrected chi connectivity index (χ3v) is 1.57. The average Bonchev–Trinajstić information content (AvgIpc) is 2.31. The number of rotatable bonds is 1. The Kier molecular flexibility index (Phi) is 2.43. The molecule has 0 amide bonds. The lowest BCUT2D eigenvalue weighted by Gasteiger charge is -2.02. The van der Waals surface area contributed by atoms with Gasteiger partial charge < -0.3 is 10.6 Å². The van der Waals surface area contributed by atoms with Gasteiger partial charge in [0, 0.05) is 19.5 Å². The van der Waals surface area contributed by atoms with E-state index in [1.807, 2.05) is 7.05 Å². The van der Waals surface area contributed by atoms with E-state index in [1.54, 1.807) is 0 Å². The highest BCUT2D eigenvalue weighted by molar-refractivity contribution is 5.89. The summed E-state index contributed by atoms with van der Waals surface area (Å²) in [5.74, 6) is -0.105. The van der Waals surface area contributed by atoms with E-state index in [1.165, 1.54) is 0 Å².